The average Bonchev–Trinajstić information content (AvgIpc) is 3.03. The average molecular weight is 459 g/mol. The van der Waals surface area contributed by atoms with Crippen LogP contribution in [-0.2, 0) is 27.3 Å². The van der Waals surface area contributed by atoms with Gasteiger partial charge in [0.15, 0.2) is 6.61 Å². The van der Waals surface area contributed by atoms with Crippen molar-refractivity contribution in [2.75, 3.05) is 17.2 Å². The molecule has 0 saturated carbocycles. The SMILES string of the molecule is Cc1cc(C)c(NC(=O)/C=N/OCC(=O)Nc2sc3c(c2C#N)CCC(C)C3)c(Cl)c1. The fourth-order valence-electron chi connectivity index (χ4n) is 3.53. The van der Waals surface area contributed by atoms with Crippen molar-refractivity contribution in [3.63, 3.8) is 0 Å². The first-order valence-corrected chi connectivity index (χ1v) is 11.1. The van der Waals surface area contributed by atoms with E-state index in [9.17, 15) is 14.9 Å². The van der Waals surface area contributed by atoms with E-state index in [0.717, 1.165) is 47.0 Å². The molecule has 2 amide bonds. The fourth-order valence-corrected chi connectivity index (χ4v) is 5.28. The summed E-state index contributed by atoms with van der Waals surface area (Å²) in [6.07, 6.45) is 3.75. The zero-order valence-corrected chi connectivity index (χ0v) is 19.1. The van der Waals surface area contributed by atoms with Gasteiger partial charge in [-0.3, -0.25) is 9.59 Å². The van der Waals surface area contributed by atoms with Gasteiger partial charge in [-0.2, -0.15) is 5.26 Å². The molecule has 0 saturated heterocycles. The highest BCUT2D eigenvalue weighted by Gasteiger charge is 2.24. The van der Waals surface area contributed by atoms with Gasteiger partial charge in [0.2, 0.25) is 0 Å². The fraction of sp³-hybridized carbons (Fsp3) is 0.364. The molecule has 31 heavy (non-hydrogen) atoms. The van der Waals surface area contributed by atoms with Gasteiger partial charge in [-0.1, -0.05) is 29.7 Å². The second-order valence-electron chi connectivity index (χ2n) is 7.65. The van der Waals surface area contributed by atoms with E-state index in [0.29, 0.717) is 27.2 Å². The van der Waals surface area contributed by atoms with Crippen molar-refractivity contribution in [2.24, 2.45) is 11.1 Å². The third kappa shape index (κ3) is 5.63. The van der Waals surface area contributed by atoms with Crippen LogP contribution >= 0.6 is 22.9 Å². The highest BCUT2D eigenvalue weighted by Crippen LogP contribution is 2.39. The van der Waals surface area contributed by atoms with Crippen LogP contribution < -0.4 is 10.6 Å². The number of nitriles is 1. The maximum Gasteiger partial charge on any atom is 0.270 e. The monoisotopic (exact) mass is 458 g/mol. The number of carbonyl (C=O) groups excluding carboxylic acids is 2. The molecule has 1 aliphatic rings. The van der Waals surface area contributed by atoms with Gasteiger partial charge in [0.1, 0.15) is 17.3 Å². The van der Waals surface area contributed by atoms with Gasteiger partial charge in [-0.25, -0.2) is 0 Å². The standard InChI is InChI=1S/C22H23ClN4O3S/c1-12-4-5-15-16(9-24)22(31-18(15)8-12)27-20(29)11-30-25-10-19(28)26-21-14(3)6-13(2)7-17(21)23/h6-7,10,12H,4-5,8,11H2,1-3H3,(H,26,28)(H,27,29)/b25-10+. The number of hydrogen-bond acceptors (Lipinski definition) is 6. The molecule has 2 N–H and O–H groups in total. The molecule has 0 spiro atoms. The van der Waals surface area contributed by atoms with Crippen LogP contribution in [0.15, 0.2) is 17.3 Å². The topological polar surface area (TPSA) is 104 Å². The Morgan fingerprint density at radius 3 is 2.87 bits per heavy atom. The van der Waals surface area contributed by atoms with E-state index >= 15 is 0 Å². The Bertz CT molecular complexity index is 1060. The molecular formula is C22H23ClN4O3S. The summed E-state index contributed by atoms with van der Waals surface area (Å²) in [5.74, 6) is -0.400. The number of rotatable bonds is 6. The molecule has 1 aromatic heterocycles. The van der Waals surface area contributed by atoms with Crippen molar-refractivity contribution in [2.45, 2.75) is 40.0 Å². The van der Waals surface area contributed by atoms with E-state index in [1.165, 1.54) is 11.3 Å². The van der Waals surface area contributed by atoms with Crippen LogP contribution in [0.1, 0.15) is 40.5 Å². The lowest BCUT2D eigenvalue weighted by molar-refractivity contribution is -0.120. The summed E-state index contributed by atoms with van der Waals surface area (Å²) >= 11 is 7.61. The minimum absolute atomic E-state index is 0.377. The van der Waals surface area contributed by atoms with Crippen LogP contribution in [0.3, 0.4) is 0 Å². The van der Waals surface area contributed by atoms with Crippen molar-refractivity contribution in [3.05, 3.63) is 44.3 Å². The molecule has 0 radical (unpaired) electrons. The maximum atomic E-state index is 12.2. The molecule has 1 unspecified atom stereocenters. The van der Waals surface area contributed by atoms with Crippen LogP contribution in [0.25, 0.3) is 0 Å². The lowest BCUT2D eigenvalue weighted by Crippen LogP contribution is -2.18. The lowest BCUT2D eigenvalue weighted by Gasteiger charge is -2.17. The van der Waals surface area contributed by atoms with Gasteiger partial charge in [-0.05, 0) is 61.8 Å². The molecule has 0 bridgehead atoms. The number of amides is 2. The number of hydrogen-bond donors (Lipinski definition) is 2. The Hall–Kier alpha value is -2.89. The highest BCUT2D eigenvalue weighted by atomic mass is 35.5. The summed E-state index contributed by atoms with van der Waals surface area (Å²) in [6, 6.07) is 5.85. The van der Waals surface area contributed by atoms with Crippen LogP contribution in [0.2, 0.25) is 5.02 Å². The molecule has 0 aliphatic heterocycles. The molecule has 162 valence electrons. The Morgan fingerprint density at radius 1 is 1.39 bits per heavy atom. The zero-order chi connectivity index (χ0) is 22.5. The number of aryl methyl sites for hydroxylation is 2. The molecule has 2 aromatic rings. The number of nitrogens with one attached hydrogen (secondary N) is 2. The van der Waals surface area contributed by atoms with Gasteiger partial charge in [0, 0.05) is 4.88 Å². The summed E-state index contributed by atoms with van der Waals surface area (Å²) in [7, 11) is 0. The first-order valence-electron chi connectivity index (χ1n) is 9.86. The minimum Gasteiger partial charge on any atom is -0.385 e. The Balaban J connectivity index is 1.52. The quantitative estimate of drug-likeness (QED) is 0.487. The van der Waals surface area contributed by atoms with E-state index in [-0.39, 0.29) is 6.61 Å². The molecule has 1 atom stereocenters. The van der Waals surface area contributed by atoms with E-state index < -0.39 is 11.8 Å². The summed E-state index contributed by atoms with van der Waals surface area (Å²) < 4.78 is 0. The van der Waals surface area contributed by atoms with Crippen LogP contribution in [0.5, 0.6) is 0 Å². The second-order valence-corrected chi connectivity index (χ2v) is 9.16. The predicted octanol–water partition coefficient (Wildman–Crippen LogP) is 4.59. The van der Waals surface area contributed by atoms with Gasteiger partial charge >= 0.3 is 0 Å². The van der Waals surface area contributed by atoms with E-state index in [1.54, 1.807) is 6.07 Å². The first kappa shape index (κ1) is 22.8. The number of halogens is 1. The second kappa shape index (κ2) is 9.94. The first-order chi connectivity index (χ1) is 14.8. The van der Waals surface area contributed by atoms with E-state index in [4.69, 9.17) is 16.4 Å². The smallest absolute Gasteiger partial charge is 0.270 e. The Morgan fingerprint density at radius 2 is 2.16 bits per heavy atom. The maximum absolute atomic E-state index is 12.2. The van der Waals surface area contributed by atoms with Crippen molar-refractivity contribution >= 4 is 51.7 Å². The van der Waals surface area contributed by atoms with E-state index in [1.807, 2.05) is 19.9 Å². The number of anilines is 2. The third-order valence-electron chi connectivity index (χ3n) is 5.00. The largest absolute Gasteiger partial charge is 0.385 e. The van der Waals surface area contributed by atoms with Gasteiger partial charge in [0.05, 0.1) is 16.3 Å². The number of oxime groups is 1. The minimum atomic E-state index is -0.527. The highest BCUT2D eigenvalue weighted by molar-refractivity contribution is 7.16. The van der Waals surface area contributed by atoms with Crippen molar-refractivity contribution in [1.82, 2.24) is 0 Å². The van der Waals surface area contributed by atoms with Crippen LogP contribution in [0.4, 0.5) is 10.7 Å². The molecule has 1 aromatic carbocycles. The lowest BCUT2D eigenvalue weighted by atomic mass is 9.89. The number of benzene rings is 1. The molecule has 9 heteroatoms. The Kier molecular flexibility index (Phi) is 7.31. The van der Waals surface area contributed by atoms with Crippen LogP contribution in [-0.4, -0.2) is 24.6 Å². The van der Waals surface area contributed by atoms with Gasteiger partial charge in [-0.15, -0.1) is 11.3 Å². The van der Waals surface area contributed by atoms with Gasteiger partial charge in [0.25, 0.3) is 11.8 Å². The Labute approximate surface area is 190 Å². The number of thiophene rings is 1. The summed E-state index contributed by atoms with van der Waals surface area (Å²) in [5.41, 5.74) is 3.90. The molecule has 3 rings (SSSR count). The molecule has 1 aliphatic carbocycles. The summed E-state index contributed by atoms with van der Waals surface area (Å²) in [5, 5.41) is 19.4. The molecule has 0 fully saturated rings. The number of fused-ring (bicyclic) bond motifs is 1. The molecular weight excluding hydrogens is 436 g/mol. The normalized spacial score (nSPS) is 15.3. The number of carbonyl (C=O) groups is 2. The predicted molar refractivity (Wildman–Crippen MR) is 123 cm³/mol. The van der Waals surface area contributed by atoms with Crippen molar-refractivity contribution in [3.8, 4) is 6.07 Å². The zero-order valence-electron chi connectivity index (χ0n) is 17.5. The van der Waals surface area contributed by atoms with Crippen LogP contribution in [0, 0.1) is 31.1 Å². The molecule has 7 nitrogen and oxygen atoms in total. The third-order valence-corrected chi connectivity index (χ3v) is 6.46. The van der Waals surface area contributed by atoms with Crippen molar-refractivity contribution in [1.29, 1.82) is 5.26 Å². The summed E-state index contributed by atoms with van der Waals surface area (Å²) in [4.78, 5) is 30.3. The molecule has 1 heterocycles. The summed E-state index contributed by atoms with van der Waals surface area (Å²) in [6.45, 7) is 5.56. The number of nitrogens with zero attached hydrogens (tertiary/aromatic N) is 2. The van der Waals surface area contributed by atoms with Crippen molar-refractivity contribution < 1.29 is 14.4 Å². The van der Waals surface area contributed by atoms with E-state index in [2.05, 4.69) is 28.8 Å². The van der Waals surface area contributed by atoms with Gasteiger partial charge < -0.3 is 15.5 Å².